The normalized spacial score (nSPS) is 10.8. The molecule has 2 heterocycles. The summed E-state index contributed by atoms with van der Waals surface area (Å²) >= 11 is 7.46. The summed E-state index contributed by atoms with van der Waals surface area (Å²) in [4.78, 5) is 23.7. The van der Waals surface area contributed by atoms with Crippen molar-refractivity contribution in [3.8, 4) is 11.5 Å². The highest BCUT2D eigenvalue weighted by Gasteiger charge is 2.25. The topological polar surface area (TPSA) is 64.6 Å². The van der Waals surface area contributed by atoms with E-state index in [2.05, 4.69) is 9.97 Å². The molecule has 6 nitrogen and oxygen atoms in total. The molecule has 0 aliphatic carbocycles. The molecular formula is C22H17ClFN3O3S. The van der Waals surface area contributed by atoms with Crippen LogP contribution in [0.4, 0.5) is 9.52 Å². The minimum absolute atomic E-state index is 0.0254. The third-order valence-electron chi connectivity index (χ3n) is 4.60. The van der Waals surface area contributed by atoms with Crippen LogP contribution in [0.2, 0.25) is 5.02 Å². The third-order valence-corrected chi connectivity index (χ3v) is 6.01. The van der Waals surface area contributed by atoms with E-state index in [1.165, 1.54) is 28.4 Å². The number of aromatic nitrogens is 2. The van der Waals surface area contributed by atoms with Gasteiger partial charge in [-0.2, -0.15) is 0 Å². The van der Waals surface area contributed by atoms with Crippen molar-refractivity contribution in [2.24, 2.45) is 0 Å². The van der Waals surface area contributed by atoms with Gasteiger partial charge in [-0.25, -0.2) is 9.37 Å². The van der Waals surface area contributed by atoms with Crippen LogP contribution in [0.1, 0.15) is 15.9 Å². The van der Waals surface area contributed by atoms with Crippen molar-refractivity contribution in [3.63, 3.8) is 0 Å². The molecule has 2 aromatic carbocycles. The molecule has 0 aliphatic rings. The Morgan fingerprint density at radius 3 is 2.61 bits per heavy atom. The van der Waals surface area contributed by atoms with Gasteiger partial charge in [-0.1, -0.05) is 29.0 Å². The minimum Gasteiger partial charge on any atom is -0.495 e. The number of fused-ring (bicyclic) bond motifs is 1. The Bertz CT molecular complexity index is 1210. The van der Waals surface area contributed by atoms with E-state index in [0.717, 1.165) is 16.3 Å². The molecule has 0 spiro atoms. The lowest BCUT2D eigenvalue weighted by Crippen LogP contribution is -2.30. The lowest BCUT2D eigenvalue weighted by atomic mass is 10.2. The van der Waals surface area contributed by atoms with Gasteiger partial charge in [0.05, 0.1) is 31.4 Å². The summed E-state index contributed by atoms with van der Waals surface area (Å²) in [5, 5.41) is 0.449. The fourth-order valence-electron chi connectivity index (χ4n) is 3.10. The van der Waals surface area contributed by atoms with Gasteiger partial charge in [-0.3, -0.25) is 14.7 Å². The van der Waals surface area contributed by atoms with Crippen molar-refractivity contribution >= 4 is 44.2 Å². The molecule has 0 N–H and O–H groups in total. The highest BCUT2D eigenvalue weighted by Crippen LogP contribution is 2.41. The number of carbonyl (C=O) groups is 1. The quantitative estimate of drug-likeness (QED) is 0.390. The minimum atomic E-state index is -0.519. The van der Waals surface area contributed by atoms with Crippen LogP contribution in [0.5, 0.6) is 11.5 Å². The summed E-state index contributed by atoms with van der Waals surface area (Å²) < 4.78 is 25.2. The summed E-state index contributed by atoms with van der Waals surface area (Å²) in [5.74, 6) is 0.251. The summed E-state index contributed by atoms with van der Waals surface area (Å²) in [6.07, 6.45) is 3.32. The van der Waals surface area contributed by atoms with E-state index in [0.29, 0.717) is 22.1 Å². The second-order valence-corrected chi connectivity index (χ2v) is 7.91. The van der Waals surface area contributed by atoms with E-state index in [-0.39, 0.29) is 17.1 Å². The Hall–Kier alpha value is -3.23. The highest BCUT2D eigenvalue weighted by atomic mass is 35.5. The molecule has 0 atom stereocenters. The lowest BCUT2D eigenvalue weighted by Gasteiger charge is -2.20. The van der Waals surface area contributed by atoms with Crippen LogP contribution in [-0.2, 0) is 6.54 Å². The average Bonchev–Trinajstić information content (AvgIpc) is 3.22. The summed E-state index contributed by atoms with van der Waals surface area (Å²) in [5.41, 5.74) is 1.55. The molecule has 2 aromatic heterocycles. The first-order valence-electron chi connectivity index (χ1n) is 9.19. The molecule has 0 saturated carbocycles. The first-order chi connectivity index (χ1) is 15.0. The number of carbonyl (C=O) groups excluding carboxylic acids is 1. The maximum absolute atomic E-state index is 13.5. The largest absolute Gasteiger partial charge is 0.495 e. The number of benzene rings is 2. The van der Waals surface area contributed by atoms with Crippen LogP contribution in [0.25, 0.3) is 10.2 Å². The molecule has 4 aromatic rings. The van der Waals surface area contributed by atoms with Crippen LogP contribution < -0.4 is 14.4 Å². The fourth-order valence-corrected chi connectivity index (χ4v) is 4.42. The number of pyridine rings is 1. The summed E-state index contributed by atoms with van der Waals surface area (Å²) in [6, 6.07) is 10.9. The molecule has 0 aliphatic heterocycles. The van der Waals surface area contributed by atoms with Crippen LogP contribution in [0.15, 0.2) is 54.9 Å². The van der Waals surface area contributed by atoms with Gasteiger partial charge in [-0.15, -0.1) is 0 Å². The van der Waals surface area contributed by atoms with Gasteiger partial charge in [0.25, 0.3) is 5.91 Å². The molecule has 0 unspecified atom stereocenters. The first-order valence-corrected chi connectivity index (χ1v) is 10.4. The molecule has 158 valence electrons. The van der Waals surface area contributed by atoms with E-state index >= 15 is 0 Å². The van der Waals surface area contributed by atoms with Crippen molar-refractivity contribution in [3.05, 3.63) is 76.8 Å². The number of anilines is 1. The number of thiazole rings is 1. The highest BCUT2D eigenvalue weighted by molar-refractivity contribution is 7.22. The van der Waals surface area contributed by atoms with Gasteiger partial charge < -0.3 is 9.47 Å². The fraction of sp³-hybridized carbons (Fsp3) is 0.136. The van der Waals surface area contributed by atoms with Gasteiger partial charge >= 0.3 is 0 Å². The first kappa shape index (κ1) is 21.0. The zero-order valence-electron chi connectivity index (χ0n) is 16.6. The van der Waals surface area contributed by atoms with Crippen LogP contribution in [0.3, 0.4) is 0 Å². The molecule has 1 amide bonds. The predicted octanol–water partition coefficient (Wildman–Crippen LogP) is 5.35. The number of nitrogens with zero attached hydrogens (tertiary/aromatic N) is 3. The molecular weight excluding hydrogens is 441 g/mol. The number of rotatable bonds is 6. The molecule has 9 heteroatoms. The zero-order valence-corrected chi connectivity index (χ0v) is 18.2. The smallest absolute Gasteiger partial charge is 0.261 e. The van der Waals surface area contributed by atoms with E-state index in [1.54, 1.807) is 44.8 Å². The predicted molar refractivity (Wildman–Crippen MR) is 119 cm³/mol. The van der Waals surface area contributed by atoms with Crippen molar-refractivity contribution in [2.45, 2.75) is 6.54 Å². The molecule has 4 rings (SSSR count). The number of halogens is 2. The number of amides is 1. The van der Waals surface area contributed by atoms with Crippen molar-refractivity contribution in [1.82, 2.24) is 9.97 Å². The van der Waals surface area contributed by atoms with E-state index in [9.17, 15) is 9.18 Å². The lowest BCUT2D eigenvalue weighted by molar-refractivity contribution is 0.0985. The van der Waals surface area contributed by atoms with Crippen molar-refractivity contribution in [1.29, 1.82) is 0 Å². The molecule has 31 heavy (non-hydrogen) atoms. The van der Waals surface area contributed by atoms with E-state index in [4.69, 9.17) is 21.1 Å². The number of methoxy groups -OCH3 is 2. The van der Waals surface area contributed by atoms with Crippen molar-refractivity contribution < 1.29 is 18.7 Å². The average molecular weight is 458 g/mol. The molecule has 0 radical (unpaired) electrons. The van der Waals surface area contributed by atoms with Crippen molar-refractivity contribution in [2.75, 3.05) is 19.1 Å². The second-order valence-electron chi connectivity index (χ2n) is 6.52. The van der Waals surface area contributed by atoms with Gasteiger partial charge in [0.15, 0.2) is 5.13 Å². The molecule has 0 fully saturated rings. The molecule has 0 bridgehead atoms. The van der Waals surface area contributed by atoms with Gasteiger partial charge in [0, 0.05) is 12.4 Å². The van der Waals surface area contributed by atoms with E-state index < -0.39 is 11.7 Å². The SMILES string of the molecule is COc1ccc(OC)c2sc(N(Cc3cccnc3)C(=O)c3ccc(F)cc3Cl)nc12. The maximum atomic E-state index is 13.5. The Balaban J connectivity index is 1.85. The summed E-state index contributed by atoms with van der Waals surface area (Å²) in [6.45, 7) is 0.199. The van der Waals surface area contributed by atoms with Crippen LogP contribution in [0, 0.1) is 5.82 Å². The Morgan fingerprint density at radius 2 is 1.94 bits per heavy atom. The van der Waals surface area contributed by atoms with Crippen LogP contribution >= 0.6 is 22.9 Å². The second kappa shape index (κ2) is 8.87. The van der Waals surface area contributed by atoms with E-state index in [1.807, 2.05) is 6.07 Å². The monoisotopic (exact) mass is 457 g/mol. The maximum Gasteiger partial charge on any atom is 0.261 e. The zero-order chi connectivity index (χ0) is 22.0. The standard InChI is InChI=1S/C22H17ClFN3O3S/c1-29-17-7-8-18(30-2)20-19(17)26-22(31-20)27(12-13-4-3-9-25-11-13)21(28)15-6-5-14(24)10-16(15)23/h3-11H,12H2,1-2H3. The Labute approximate surface area is 186 Å². The number of hydrogen-bond acceptors (Lipinski definition) is 6. The third kappa shape index (κ3) is 4.17. The summed E-state index contributed by atoms with van der Waals surface area (Å²) in [7, 11) is 3.12. The van der Waals surface area contributed by atoms with Gasteiger partial charge in [0.1, 0.15) is 27.5 Å². The Kier molecular flexibility index (Phi) is 6.01. The van der Waals surface area contributed by atoms with Gasteiger partial charge in [0.2, 0.25) is 0 Å². The number of hydrogen-bond donors (Lipinski definition) is 0. The molecule has 0 saturated heterocycles. The number of ether oxygens (including phenoxy) is 2. The van der Waals surface area contributed by atoms with Gasteiger partial charge in [-0.05, 0) is 42.0 Å². The Morgan fingerprint density at radius 1 is 1.16 bits per heavy atom. The van der Waals surface area contributed by atoms with Crippen LogP contribution in [-0.4, -0.2) is 30.1 Å².